The van der Waals surface area contributed by atoms with Crippen molar-refractivity contribution >= 4 is 23.5 Å². The summed E-state index contributed by atoms with van der Waals surface area (Å²) in [5.41, 5.74) is 1.58. The van der Waals surface area contributed by atoms with Gasteiger partial charge in [-0.3, -0.25) is 9.59 Å². The van der Waals surface area contributed by atoms with Gasteiger partial charge in [-0.2, -0.15) is 0 Å². The summed E-state index contributed by atoms with van der Waals surface area (Å²) < 4.78 is 13.9. The molecule has 0 aliphatic heterocycles. The first kappa shape index (κ1) is 18.2. The van der Waals surface area contributed by atoms with E-state index in [4.69, 9.17) is 0 Å². The molecule has 0 radical (unpaired) electrons. The number of thioether (sulfide) groups is 1. The van der Waals surface area contributed by atoms with E-state index in [1.54, 1.807) is 12.1 Å². The second-order valence-electron chi connectivity index (χ2n) is 5.43. The Morgan fingerprint density at radius 2 is 1.88 bits per heavy atom. The standard InChI is InChI=1S/C19H20FNO2S/c1-14(22)16-9-10-18(17(20)12-16)24-13-19(23)21-11-5-8-15-6-3-2-4-7-15/h2-4,6-7,9-10,12H,5,8,11,13H2,1H3,(H,21,23). The second-order valence-corrected chi connectivity index (χ2v) is 6.45. The first-order chi connectivity index (χ1) is 11.6. The Bertz CT molecular complexity index is 704. The predicted octanol–water partition coefficient (Wildman–Crippen LogP) is 3.87. The number of halogens is 1. The zero-order valence-electron chi connectivity index (χ0n) is 13.5. The van der Waals surface area contributed by atoms with Crippen LogP contribution in [0.4, 0.5) is 4.39 Å². The SMILES string of the molecule is CC(=O)c1ccc(SCC(=O)NCCCc2ccccc2)c(F)c1. The van der Waals surface area contributed by atoms with Crippen molar-refractivity contribution < 1.29 is 14.0 Å². The molecule has 2 rings (SSSR count). The topological polar surface area (TPSA) is 46.2 Å². The van der Waals surface area contributed by atoms with Crippen molar-refractivity contribution in [2.75, 3.05) is 12.3 Å². The van der Waals surface area contributed by atoms with Crippen LogP contribution in [0.1, 0.15) is 29.3 Å². The lowest BCUT2D eigenvalue weighted by Gasteiger charge is -2.07. The Hall–Kier alpha value is -2.14. The molecule has 0 heterocycles. The average molecular weight is 345 g/mol. The number of benzene rings is 2. The van der Waals surface area contributed by atoms with E-state index in [0.717, 1.165) is 24.6 Å². The lowest BCUT2D eigenvalue weighted by Crippen LogP contribution is -2.26. The maximum Gasteiger partial charge on any atom is 0.230 e. The quantitative estimate of drug-likeness (QED) is 0.449. The molecular weight excluding hydrogens is 325 g/mol. The van der Waals surface area contributed by atoms with Gasteiger partial charge < -0.3 is 5.32 Å². The zero-order valence-corrected chi connectivity index (χ0v) is 14.4. The summed E-state index contributed by atoms with van der Waals surface area (Å²) in [5, 5.41) is 2.84. The Balaban J connectivity index is 1.70. The Morgan fingerprint density at radius 3 is 2.54 bits per heavy atom. The number of ketones is 1. The van der Waals surface area contributed by atoms with Crippen LogP contribution in [0.3, 0.4) is 0 Å². The summed E-state index contributed by atoms with van der Waals surface area (Å²) in [6, 6.07) is 14.4. The van der Waals surface area contributed by atoms with Gasteiger partial charge in [-0.1, -0.05) is 36.4 Å². The van der Waals surface area contributed by atoms with Crippen LogP contribution in [0.2, 0.25) is 0 Å². The molecule has 1 N–H and O–H groups in total. The highest BCUT2D eigenvalue weighted by atomic mass is 32.2. The van der Waals surface area contributed by atoms with Crippen molar-refractivity contribution in [2.24, 2.45) is 0 Å². The number of amides is 1. The lowest BCUT2D eigenvalue weighted by atomic mass is 10.1. The van der Waals surface area contributed by atoms with E-state index < -0.39 is 5.82 Å². The number of hydrogen-bond acceptors (Lipinski definition) is 3. The minimum absolute atomic E-state index is 0.122. The smallest absolute Gasteiger partial charge is 0.230 e. The molecule has 3 nitrogen and oxygen atoms in total. The van der Waals surface area contributed by atoms with Crippen LogP contribution >= 0.6 is 11.8 Å². The van der Waals surface area contributed by atoms with Crippen LogP contribution in [0.15, 0.2) is 53.4 Å². The molecule has 0 bridgehead atoms. The van der Waals surface area contributed by atoms with Crippen LogP contribution < -0.4 is 5.32 Å². The van der Waals surface area contributed by atoms with E-state index >= 15 is 0 Å². The molecule has 0 unspecified atom stereocenters. The van der Waals surface area contributed by atoms with Gasteiger partial charge in [0.2, 0.25) is 5.91 Å². The highest BCUT2D eigenvalue weighted by Crippen LogP contribution is 2.22. The zero-order chi connectivity index (χ0) is 17.4. The van der Waals surface area contributed by atoms with Crippen molar-refractivity contribution in [1.29, 1.82) is 0 Å². The molecule has 0 aliphatic carbocycles. The van der Waals surface area contributed by atoms with Crippen LogP contribution in [-0.4, -0.2) is 24.0 Å². The molecule has 0 aliphatic rings. The molecule has 0 aromatic heterocycles. The molecule has 0 spiro atoms. The summed E-state index contributed by atoms with van der Waals surface area (Å²) in [5.74, 6) is -0.615. The van der Waals surface area contributed by atoms with Crippen molar-refractivity contribution in [3.63, 3.8) is 0 Å². The van der Waals surface area contributed by atoms with Crippen LogP contribution in [0.5, 0.6) is 0 Å². The fourth-order valence-corrected chi connectivity index (χ4v) is 2.95. The van der Waals surface area contributed by atoms with Gasteiger partial charge in [0, 0.05) is 17.0 Å². The predicted molar refractivity (Wildman–Crippen MR) is 94.9 cm³/mol. The molecular formula is C19H20FNO2S. The first-order valence-electron chi connectivity index (χ1n) is 7.80. The number of carbonyl (C=O) groups is 2. The summed E-state index contributed by atoms with van der Waals surface area (Å²) in [6.07, 6.45) is 1.78. The van der Waals surface area contributed by atoms with Gasteiger partial charge in [-0.25, -0.2) is 4.39 Å². The molecule has 5 heteroatoms. The number of nitrogens with one attached hydrogen (secondary N) is 1. The van der Waals surface area contributed by atoms with Crippen LogP contribution in [0, 0.1) is 5.82 Å². The summed E-state index contributed by atoms with van der Waals surface area (Å²) in [6.45, 7) is 1.99. The molecule has 24 heavy (non-hydrogen) atoms. The normalized spacial score (nSPS) is 10.4. The maximum atomic E-state index is 13.9. The summed E-state index contributed by atoms with van der Waals surface area (Å²) >= 11 is 1.13. The van der Waals surface area contributed by atoms with Crippen LogP contribution in [-0.2, 0) is 11.2 Å². The van der Waals surface area contributed by atoms with Gasteiger partial charge in [-0.05, 0) is 37.5 Å². The minimum Gasteiger partial charge on any atom is -0.355 e. The molecule has 0 atom stereocenters. The second kappa shape index (κ2) is 9.23. The molecule has 0 saturated carbocycles. The molecule has 0 saturated heterocycles. The Morgan fingerprint density at radius 1 is 1.12 bits per heavy atom. The Kier molecular flexibility index (Phi) is 7.00. The number of Topliss-reactive ketones (excluding diaryl/α,β-unsaturated/α-hetero) is 1. The number of carbonyl (C=O) groups excluding carboxylic acids is 2. The molecule has 2 aromatic carbocycles. The largest absolute Gasteiger partial charge is 0.355 e. The number of hydrogen-bond donors (Lipinski definition) is 1. The third-order valence-corrected chi connectivity index (χ3v) is 4.55. The van der Waals surface area contributed by atoms with Crippen molar-refractivity contribution in [1.82, 2.24) is 5.32 Å². The van der Waals surface area contributed by atoms with E-state index in [1.165, 1.54) is 18.6 Å². The lowest BCUT2D eigenvalue weighted by molar-refractivity contribution is -0.118. The third-order valence-electron chi connectivity index (χ3n) is 3.50. The Labute approximate surface area is 145 Å². The van der Waals surface area contributed by atoms with Gasteiger partial charge in [0.05, 0.1) is 5.75 Å². The first-order valence-corrected chi connectivity index (χ1v) is 8.79. The highest BCUT2D eigenvalue weighted by Gasteiger charge is 2.09. The minimum atomic E-state index is -0.468. The fourth-order valence-electron chi connectivity index (χ4n) is 2.20. The van der Waals surface area contributed by atoms with Crippen LogP contribution in [0.25, 0.3) is 0 Å². The summed E-state index contributed by atoms with van der Waals surface area (Å²) in [7, 11) is 0. The fraction of sp³-hybridized carbons (Fsp3) is 0.263. The highest BCUT2D eigenvalue weighted by molar-refractivity contribution is 8.00. The average Bonchev–Trinajstić information content (AvgIpc) is 2.58. The van der Waals surface area contributed by atoms with Crippen molar-refractivity contribution in [3.8, 4) is 0 Å². The molecule has 2 aromatic rings. The molecule has 0 fully saturated rings. The molecule has 126 valence electrons. The van der Waals surface area contributed by atoms with Crippen molar-refractivity contribution in [2.45, 2.75) is 24.7 Å². The van der Waals surface area contributed by atoms with Gasteiger partial charge in [-0.15, -0.1) is 11.8 Å². The van der Waals surface area contributed by atoms with Gasteiger partial charge in [0.25, 0.3) is 0 Å². The molecule has 1 amide bonds. The van der Waals surface area contributed by atoms with Crippen molar-refractivity contribution in [3.05, 3.63) is 65.5 Å². The summed E-state index contributed by atoms with van der Waals surface area (Å²) in [4.78, 5) is 23.4. The van der Waals surface area contributed by atoms with Gasteiger partial charge in [0.15, 0.2) is 5.78 Å². The van der Waals surface area contributed by atoms with Gasteiger partial charge >= 0.3 is 0 Å². The van der Waals surface area contributed by atoms with E-state index in [0.29, 0.717) is 17.0 Å². The van der Waals surface area contributed by atoms with E-state index in [9.17, 15) is 14.0 Å². The van der Waals surface area contributed by atoms with E-state index in [-0.39, 0.29) is 17.4 Å². The van der Waals surface area contributed by atoms with E-state index in [2.05, 4.69) is 17.4 Å². The monoisotopic (exact) mass is 345 g/mol. The number of aryl methyl sites for hydroxylation is 1. The maximum absolute atomic E-state index is 13.9. The van der Waals surface area contributed by atoms with Gasteiger partial charge in [0.1, 0.15) is 5.82 Å². The number of rotatable bonds is 8. The van der Waals surface area contributed by atoms with E-state index in [1.807, 2.05) is 18.2 Å². The third kappa shape index (κ3) is 5.81.